The highest BCUT2D eigenvalue weighted by atomic mass is 35.5. The van der Waals surface area contributed by atoms with Crippen LogP contribution in [-0.2, 0) is 4.84 Å². The Kier molecular flexibility index (Phi) is 4.40. The smallest absolute Gasteiger partial charge is 0.286 e. The van der Waals surface area contributed by atoms with Gasteiger partial charge in [0, 0.05) is 5.56 Å². The lowest BCUT2D eigenvalue weighted by atomic mass is 10.1. The maximum Gasteiger partial charge on any atom is 0.286 e. The van der Waals surface area contributed by atoms with Gasteiger partial charge in [0.15, 0.2) is 5.70 Å². The summed E-state index contributed by atoms with van der Waals surface area (Å²) >= 11 is 0. The quantitative estimate of drug-likeness (QED) is 0.687. The maximum atomic E-state index is 5.99. The molecule has 4 N–H and O–H groups in total. The molecule has 21 heavy (non-hydrogen) atoms. The Labute approximate surface area is 130 Å². The van der Waals surface area contributed by atoms with Gasteiger partial charge in [0.2, 0.25) is 0 Å². The van der Waals surface area contributed by atoms with Gasteiger partial charge in [-0.05, 0) is 26.0 Å². The van der Waals surface area contributed by atoms with Crippen molar-refractivity contribution in [3.8, 4) is 0 Å². The van der Waals surface area contributed by atoms with E-state index in [1.54, 1.807) is 5.59 Å². The topological polar surface area (TPSA) is 55.1 Å². The molecule has 0 saturated carbocycles. The fourth-order valence-corrected chi connectivity index (χ4v) is 2.22. The zero-order valence-corrected chi connectivity index (χ0v) is 12.8. The molecule has 3 rings (SSSR count). The summed E-state index contributed by atoms with van der Waals surface area (Å²) in [5.74, 6) is 0.425. The van der Waals surface area contributed by atoms with Gasteiger partial charge in [-0.15, -0.1) is 5.01 Å². The van der Waals surface area contributed by atoms with E-state index in [1.165, 1.54) is 11.1 Å². The summed E-state index contributed by atoms with van der Waals surface area (Å²) in [6, 6.07) is 16.5. The predicted molar refractivity (Wildman–Crippen MR) is 79.0 cm³/mol. The second kappa shape index (κ2) is 6.08. The van der Waals surface area contributed by atoms with Gasteiger partial charge in [0.25, 0.3) is 5.88 Å². The van der Waals surface area contributed by atoms with E-state index in [9.17, 15) is 0 Å². The van der Waals surface area contributed by atoms with Crippen molar-refractivity contribution in [2.24, 2.45) is 5.73 Å². The van der Waals surface area contributed by atoms with Crippen molar-refractivity contribution >= 4 is 11.4 Å². The zero-order valence-electron chi connectivity index (χ0n) is 12.0. The lowest BCUT2D eigenvalue weighted by molar-refractivity contribution is -0.877. The third-order valence-corrected chi connectivity index (χ3v) is 3.40. The van der Waals surface area contributed by atoms with Crippen LogP contribution < -0.4 is 28.7 Å². The SMILES string of the molecule is Cc1ccc(C2=C(N)O[NH2+]N2c2ccc(C)cc2)cc1.[Cl-]. The Balaban J connectivity index is 0.00000161. The number of aryl methyl sites for hydroxylation is 2. The molecule has 0 atom stereocenters. The average molecular weight is 304 g/mol. The van der Waals surface area contributed by atoms with Crippen LogP contribution in [0.3, 0.4) is 0 Å². The van der Waals surface area contributed by atoms with Crippen LogP contribution in [0.15, 0.2) is 54.4 Å². The highest BCUT2D eigenvalue weighted by molar-refractivity contribution is 5.78. The zero-order chi connectivity index (χ0) is 14.1. The highest BCUT2D eigenvalue weighted by Gasteiger charge is 2.29. The molecule has 5 heteroatoms. The molecule has 1 aliphatic rings. The Morgan fingerprint density at radius 1 is 0.905 bits per heavy atom. The van der Waals surface area contributed by atoms with E-state index in [2.05, 4.69) is 62.4 Å². The molecule has 4 nitrogen and oxygen atoms in total. The van der Waals surface area contributed by atoms with Crippen molar-refractivity contribution in [1.29, 1.82) is 0 Å². The average Bonchev–Trinajstić information content (AvgIpc) is 2.83. The van der Waals surface area contributed by atoms with Crippen LogP contribution >= 0.6 is 0 Å². The summed E-state index contributed by atoms with van der Waals surface area (Å²) in [5, 5.41) is 1.97. The van der Waals surface area contributed by atoms with Gasteiger partial charge in [-0.1, -0.05) is 53.1 Å². The Bertz CT molecular complexity index is 650. The number of quaternary nitrogens is 1. The van der Waals surface area contributed by atoms with Gasteiger partial charge in [-0.3, -0.25) is 4.84 Å². The molecule has 110 valence electrons. The largest absolute Gasteiger partial charge is 1.00 e. The number of nitrogens with two attached hydrogens (primary N) is 2. The molecule has 0 bridgehead atoms. The first kappa shape index (κ1) is 15.2. The van der Waals surface area contributed by atoms with Crippen LogP contribution in [0.2, 0.25) is 0 Å². The minimum absolute atomic E-state index is 0. The summed E-state index contributed by atoms with van der Waals surface area (Å²) in [6.07, 6.45) is 0. The van der Waals surface area contributed by atoms with E-state index in [0.29, 0.717) is 5.88 Å². The van der Waals surface area contributed by atoms with Crippen molar-refractivity contribution in [2.75, 3.05) is 5.01 Å². The van der Waals surface area contributed by atoms with Gasteiger partial charge < -0.3 is 18.1 Å². The van der Waals surface area contributed by atoms with E-state index in [1.807, 2.05) is 5.01 Å². The van der Waals surface area contributed by atoms with Gasteiger partial charge in [0.1, 0.15) is 0 Å². The normalized spacial score (nSPS) is 13.9. The molecule has 2 aromatic rings. The molecule has 1 heterocycles. The number of anilines is 1. The molecule has 0 spiro atoms. The second-order valence-corrected chi connectivity index (χ2v) is 5.01. The molecule has 1 aliphatic heterocycles. The lowest BCUT2D eigenvalue weighted by Gasteiger charge is -2.15. The third-order valence-electron chi connectivity index (χ3n) is 3.40. The highest BCUT2D eigenvalue weighted by Crippen LogP contribution is 2.27. The Morgan fingerprint density at radius 3 is 2.00 bits per heavy atom. The Morgan fingerprint density at radius 2 is 1.43 bits per heavy atom. The number of hydrogen-bond acceptors (Lipinski definition) is 3. The van der Waals surface area contributed by atoms with Crippen molar-refractivity contribution in [2.45, 2.75) is 13.8 Å². The number of benzene rings is 2. The third kappa shape index (κ3) is 2.96. The monoisotopic (exact) mass is 303 g/mol. The standard InChI is InChI=1S/C16H17N3O.ClH/c1-11-3-7-13(8-4-11)15-16(17)20-18-19(15)14-9-5-12(2)6-10-14;/h3-10,18H,17H2,1-2H3;1H. The van der Waals surface area contributed by atoms with E-state index < -0.39 is 0 Å². The first-order valence-corrected chi connectivity index (χ1v) is 6.58. The minimum Gasteiger partial charge on any atom is -1.00 e. The van der Waals surface area contributed by atoms with Crippen molar-refractivity contribution in [3.63, 3.8) is 0 Å². The molecule has 0 fully saturated rings. The molecular formula is C16H18ClN3O. The Hall–Kier alpha value is -2.17. The fraction of sp³-hybridized carbons (Fsp3) is 0.125. The summed E-state index contributed by atoms with van der Waals surface area (Å²) in [6.45, 7) is 4.13. The maximum absolute atomic E-state index is 5.99. The van der Waals surface area contributed by atoms with E-state index in [0.717, 1.165) is 16.9 Å². The number of halogens is 1. The van der Waals surface area contributed by atoms with Crippen molar-refractivity contribution < 1.29 is 22.8 Å². The number of hydrogen-bond donors (Lipinski definition) is 2. The van der Waals surface area contributed by atoms with E-state index in [4.69, 9.17) is 10.6 Å². The van der Waals surface area contributed by atoms with Crippen LogP contribution in [0.5, 0.6) is 0 Å². The first-order chi connectivity index (χ1) is 9.65. The van der Waals surface area contributed by atoms with Gasteiger partial charge in [-0.25, -0.2) is 0 Å². The molecule has 0 aromatic heterocycles. The van der Waals surface area contributed by atoms with Crippen molar-refractivity contribution in [1.82, 2.24) is 0 Å². The van der Waals surface area contributed by atoms with Crippen LogP contribution in [0.4, 0.5) is 5.69 Å². The van der Waals surface area contributed by atoms with Crippen molar-refractivity contribution in [3.05, 3.63) is 71.1 Å². The molecule has 0 radical (unpaired) electrons. The minimum atomic E-state index is 0. The van der Waals surface area contributed by atoms with Crippen LogP contribution in [-0.4, -0.2) is 0 Å². The summed E-state index contributed by atoms with van der Waals surface area (Å²) in [5.41, 5.74) is 13.0. The molecular weight excluding hydrogens is 286 g/mol. The second-order valence-electron chi connectivity index (χ2n) is 5.01. The molecule has 0 amide bonds. The van der Waals surface area contributed by atoms with Gasteiger partial charge in [0.05, 0.1) is 5.69 Å². The predicted octanol–water partition coefficient (Wildman–Crippen LogP) is -1.18. The van der Waals surface area contributed by atoms with Gasteiger partial charge >= 0.3 is 0 Å². The summed E-state index contributed by atoms with van der Waals surface area (Å²) in [7, 11) is 0. The van der Waals surface area contributed by atoms with Crippen LogP contribution in [0.25, 0.3) is 5.70 Å². The summed E-state index contributed by atoms with van der Waals surface area (Å²) in [4.78, 5) is 5.41. The first-order valence-electron chi connectivity index (χ1n) is 6.58. The molecule has 0 aliphatic carbocycles. The lowest BCUT2D eigenvalue weighted by Crippen LogP contribution is -3.00. The van der Waals surface area contributed by atoms with E-state index >= 15 is 0 Å². The number of rotatable bonds is 2. The van der Waals surface area contributed by atoms with Crippen LogP contribution in [0, 0.1) is 13.8 Å². The van der Waals surface area contributed by atoms with E-state index in [-0.39, 0.29) is 12.4 Å². The number of nitrogens with zero attached hydrogens (tertiary/aromatic N) is 1. The molecule has 2 aromatic carbocycles. The molecule has 0 saturated heterocycles. The van der Waals surface area contributed by atoms with Crippen LogP contribution in [0.1, 0.15) is 16.7 Å². The molecule has 0 unspecified atom stereocenters. The summed E-state index contributed by atoms with van der Waals surface area (Å²) < 4.78 is 0. The fourth-order valence-electron chi connectivity index (χ4n) is 2.22. The van der Waals surface area contributed by atoms with Gasteiger partial charge in [-0.2, -0.15) is 0 Å².